The molecule has 2 aromatic rings. The molecule has 0 radical (unpaired) electrons. The molecule has 0 saturated carbocycles. The van der Waals surface area contributed by atoms with Crippen LogP contribution in [0, 0.1) is 20.2 Å². The summed E-state index contributed by atoms with van der Waals surface area (Å²) in [6.07, 6.45) is 1.65. The minimum atomic E-state index is -4.08. The predicted octanol–water partition coefficient (Wildman–Crippen LogP) is 2.44. The van der Waals surface area contributed by atoms with Gasteiger partial charge in [-0.3, -0.25) is 20.2 Å². The predicted molar refractivity (Wildman–Crippen MR) is 106 cm³/mol. The van der Waals surface area contributed by atoms with E-state index in [4.69, 9.17) is 0 Å². The highest BCUT2D eigenvalue weighted by atomic mass is 32.2. The molecular formula is C17H21N5O6S. The van der Waals surface area contributed by atoms with E-state index in [1.165, 1.54) is 34.6 Å². The molecule has 0 amide bonds. The third kappa shape index (κ3) is 5.23. The second kappa shape index (κ2) is 9.39. The number of benzene rings is 1. The van der Waals surface area contributed by atoms with Crippen molar-refractivity contribution in [3.05, 3.63) is 62.8 Å². The van der Waals surface area contributed by atoms with Crippen LogP contribution < -0.4 is 4.90 Å². The van der Waals surface area contributed by atoms with Gasteiger partial charge in [0.2, 0.25) is 10.0 Å². The minimum Gasteiger partial charge on any atom is -0.358 e. The fraction of sp³-hybridized carbons (Fsp3) is 0.353. The smallest absolute Gasteiger partial charge is 0.289 e. The third-order valence-electron chi connectivity index (χ3n) is 4.17. The number of nitro groups is 2. The monoisotopic (exact) mass is 423 g/mol. The topological polar surface area (TPSA) is 140 Å². The van der Waals surface area contributed by atoms with Crippen LogP contribution in [0.15, 0.2) is 47.5 Å². The van der Waals surface area contributed by atoms with Crippen LogP contribution in [-0.2, 0) is 10.0 Å². The lowest BCUT2D eigenvalue weighted by Crippen LogP contribution is -2.38. The summed E-state index contributed by atoms with van der Waals surface area (Å²) in [7, 11) is -2.40. The Kier molecular flexibility index (Phi) is 7.18. The van der Waals surface area contributed by atoms with Crippen LogP contribution in [0.4, 0.5) is 17.2 Å². The fourth-order valence-corrected chi connectivity index (χ4v) is 4.34. The van der Waals surface area contributed by atoms with Gasteiger partial charge in [0.05, 0.1) is 9.85 Å². The second-order valence-electron chi connectivity index (χ2n) is 6.18. The molecule has 0 aliphatic heterocycles. The molecule has 11 nitrogen and oxygen atoms in total. The van der Waals surface area contributed by atoms with Crippen molar-refractivity contribution < 1.29 is 18.3 Å². The first-order valence-corrected chi connectivity index (χ1v) is 10.2. The highest BCUT2D eigenvalue weighted by Gasteiger charge is 2.31. The standard InChI is InChI=1S/C17H21N5O6S/c1-3-10-20(29(27,28)16-7-5-4-6-15(16)22(25)26)12-11-19(2)17-9-8-14(13-18-17)21(23)24/h4-9,13H,3,10-12H2,1-2H3. The maximum Gasteiger partial charge on any atom is 0.289 e. The largest absolute Gasteiger partial charge is 0.358 e. The first kappa shape index (κ1) is 22.2. The van der Waals surface area contributed by atoms with E-state index >= 15 is 0 Å². The Morgan fingerprint density at radius 1 is 1.00 bits per heavy atom. The molecule has 12 heteroatoms. The lowest BCUT2D eigenvalue weighted by molar-refractivity contribution is -0.387. The van der Waals surface area contributed by atoms with Crippen molar-refractivity contribution in [2.45, 2.75) is 18.2 Å². The van der Waals surface area contributed by atoms with Crippen molar-refractivity contribution in [3.63, 3.8) is 0 Å². The number of rotatable bonds is 10. The molecule has 0 N–H and O–H groups in total. The Balaban J connectivity index is 2.21. The summed E-state index contributed by atoms with van der Waals surface area (Å²) in [4.78, 5) is 26.0. The van der Waals surface area contributed by atoms with Crippen LogP contribution in [0.25, 0.3) is 0 Å². The quantitative estimate of drug-likeness (QED) is 0.419. The van der Waals surface area contributed by atoms with Gasteiger partial charge in [0.25, 0.3) is 11.4 Å². The number of nitro benzene ring substituents is 1. The second-order valence-corrected chi connectivity index (χ2v) is 8.09. The molecule has 29 heavy (non-hydrogen) atoms. The molecule has 1 aromatic heterocycles. The summed E-state index contributed by atoms with van der Waals surface area (Å²) >= 11 is 0. The number of nitrogens with zero attached hydrogens (tertiary/aromatic N) is 5. The summed E-state index contributed by atoms with van der Waals surface area (Å²) < 4.78 is 27.2. The van der Waals surface area contributed by atoms with Crippen molar-refractivity contribution in [2.75, 3.05) is 31.6 Å². The minimum absolute atomic E-state index is 0.0669. The number of hydrogen-bond donors (Lipinski definition) is 0. The van der Waals surface area contributed by atoms with Crippen molar-refractivity contribution in [2.24, 2.45) is 0 Å². The number of aromatic nitrogens is 1. The number of sulfonamides is 1. The number of likely N-dealkylation sites (N-methyl/N-ethyl adjacent to an activating group) is 1. The first-order chi connectivity index (χ1) is 13.7. The normalized spacial score (nSPS) is 11.4. The molecule has 1 aromatic carbocycles. The fourth-order valence-electron chi connectivity index (χ4n) is 2.65. The van der Waals surface area contributed by atoms with E-state index in [2.05, 4.69) is 4.98 Å². The SMILES string of the molecule is CCCN(CCN(C)c1ccc([N+](=O)[O-])cn1)S(=O)(=O)c1ccccc1[N+](=O)[O-]. The van der Waals surface area contributed by atoms with Crippen LogP contribution in [0.2, 0.25) is 0 Å². The number of anilines is 1. The zero-order valence-corrected chi connectivity index (χ0v) is 16.8. The molecule has 0 unspecified atom stereocenters. The van der Waals surface area contributed by atoms with Gasteiger partial charge < -0.3 is 4.90 Å². The Labute approximate surface area is 167 Å². The molecule has 0 atom stereocenters. The van der Waals surface area contributed by atoms with Crippen LogP contribution in [0.3, 0.4) is 0 Å². The van der Waals surface area contributed by atoms with E-state index in [1.807, 2.05) is 6.92 Å². The van der Waals surface area contributed by atoms with E-state index in [0.717, 1.165) is 12.3 Å². The zero-order valence-electron chi connectivity index (χ0n) is 16.0. The van der Waals surface area contributed by atoms with Gasteiger partial charge in [-0.1, -0.05) is 19.1 Å². The maximum atomic E-state index is 13.0. The molecule has 2 rings (SSSR count). The summed E-state index contributed by atoms with van der Waals surface area (Å²) in [6.45, 7) is 2.31. The first-order valence-electron chi connectivity index (χ1n) is 8.73. The van der Waals surface area contributed by atoms with Crippen molar-refractivity contribution >= 4 is 27.2 Å². The Morgan fingerprint density at radius 2 is 1.69 bits per heavy atom. The van der Waals surface area contributed by atoms with E-state index in [0.29, 0.717) is 12.2 Å². The van der Waals surface area contributed by atoms with Gasteiger partial charge in [0.15, 0.2) is 4.90 Å². The molecular weight excluding hydrogens is 402 g/mol. The number of pyridine rings is 1. The lowest BCUT2D eigenvalue weighted by Gasteiger charge is -2.25. The van der Waals surface area contributed by atoms with Gasteiger partial charge in [-0.15, -0.1) is 0 Å². The van der Waals surface area contributed by atoms with Crippen molar-refractivity contribution in [1.29, 1.82) is 0 Å². The van der Waals surface area contributed by atoms with Crippen LogP contribution in [-0.4, -0.2) is 54.2 Å². The molecule has 0 spiro atoms. The van der Waals surface area contributed by atoms with E-state index in [-0.39, 0.29) is 30.2 Å². The number of para-hydroxylation sites is 1. The molecule has 0 aliphatic rings. The Hall–Kier alpha value is -3.12. The average Bonchev–Trinajstić information content (AvgIpc) is 2.70. The highest BCUT2D eigenvalue weighted by Crippen LogP contribution is 2.26. The molecule has 0 bridgehead atoms. The van der Waals surface area contributed by atoms with E-state index in [9.17, 15) is 28.6 Å². The van der Waals surface area contributed by atoms with Gasteiger partial charge in [-0.05, 0) is 18.6 Å². The van der Waals surface area contributed by atoms with Crippen molar-refractivity contribution in [3.8, 4) is 0 Å². The maximum absolute atomic E-state index is 13.0. The number of hydrogen-bond acceptors (Lipinski definition) is 8. The average molecular weight is 423 g/mol. The van der Waals surface area contributed by atoms with Crippen molar-refractivity contribution in [1.82, 2.24) is 9.29 Å². The van der Waals surface area contributed by atoms with Crippen LogP contribution >= 0.6 is 0 Å². The van der Waals surface area contributed by atoms with Crippen LogP contribution in [0.1, 0.15) is 13.3 Å². The molecule has 0 aliphatic carbocycles. The summed E-state index contributed by atoms with van der Waals surface area (Å²) in [6, 6.07) is 8.01. The Morgan fingerprint density at radius 3 is 2.24 bits per heavy atom. The molecule has 0 saturated heterocycles. The lowest BCUT2D eigenvalue weighted by atomic mass is 10.3. The van der Waals surface area contributed by atoms with Gasteiger partial charge in [-0.25, -0.2) is 13.4 Å². The molecule has 1 heterocycles. The van der Waals surface area contributed by atoms with Crippen LogP contribution in [0.5, 0.6) is 0 Å². The zero-order chi connectivity index (χ0) is 21.6. The Bertz CT molecular complexity index is 980. The highest BCUT2D eigenvalue weighted by molar-refractivity contribution is 7.89. The molecule has 0 fully saturated rings. The van der Waals surface area contributed by atoms with Gasteiger partial charge in [0, 0.05) is 38.8 Å². The van der Waals surface area contributed by atoms with Gasteiger partial charge in [-0.2, -0.15) is 4.31 Å². The third-order valence-corrected chi connectivity index (χ3v) is 6.12. The van der Waals surface area contributed by atoms with E-state index < -0.39 is 25.6 Å². The van der Waals surface area contributed by atoms with Gasteiger partial charge >= 0.3 is 0 Å². The van der Waals surface area contributed by atoms with Gasteiger partial charge in [0.1, 0.15) is 12.0 Å². The summed E-state index contributed by atoms with van der Waals surface area (Å²) in [5, 5.41) is 22.0. The summed E-state index contributed by atoms with van der Waals surface area (Å²) in [5.41, 5.74) is -0.618. The summed E-state index contributed by atoms with van der Waals surface area (Å²) in [5.74, 6) is 0.440. The molecule has 156 valence electrons. The van der Waals surface area contributed by atoms with E-state index in [1.54, 1.807) is 11.9 Å².